The molecule has 0 bridgehead atoms. The van der Waals surface area contributed by atoms with Crippen LogP contribution in [0.3, 0.4) is 0 Å². The van der Waals surface area contributed by atoms with Crippen LogP contribution in [0.4, 0.5) is 0 Å². The smallest absolute Gasteiger partial charge is 0.305 e. The summed E-state index contributed by atoms with van der Waals surface area (Å²) < 4.78 is 5.45. The Hall–Kier alpha value is -1.40. The standard InChI is InChI=1S/C51H99NO5/c1-3-5-7-9-11-13-15-17-20-23-27-31-35-39-43-49(54)48(47-53)52-50(55)44-40-36-32-28-24-21-18-19-22-26-30-34-38-42-46-57-51(56)45-41-37-33-29-25-16-14-12-10-8-6-4-2/h12,14,48-49,53-54H,3-11,13,15-47H2,1-2H3,(H,52,55)/b14-12-. The van der Waals surface area contributed by atoms with Crippen LogP contribution in [0.2, 0.25) is 0 Å². The Morgan fingerprint density at radius 3 is 1.28 bits per heavy atom. The molecule has 2 atom stereocenters. The molecule has 338 valence electrons. The molecule has 0 aromatic heterocycles. The Labute approximate surface area is 355 Å². The third kappa shape index (κ3) is 44.0. The maximum Gasteiger partial charge on any atom is 0.305 e. The van der Waals surface area contributed by atoms with Gasteiger partial charge in [-0.1, -0.05) is 225 Å². The van der Waals surface area contributed by atoms with Crippen molar-refractivity contribution in [1.82, 2.24) is 5.32 Å². The van der Waals surface area contributed by atoms with Crippen LogP contribution in [0.5, 0.6) is 0 Å². The lowest BCUT2D eigenvalue weighted by Gasteiger charge is -2.22. The Morgan fingerprint density at radius 2 is 0.825 bits per heavy atom. The second-order valence-electron chi connectivity index (χ2n) is 17.5. The number of hydrogen-bond acceptors (Lipinski definition) is 5. The molecule has 2 unspecified atom stereocenters. The number of nitrogens with one attached hydrogen (secondary N) is 1. The second kappa shape index (κ2) is 47.3. The molecule has 6 nitrogen and oxygen atoms in total. The highest BCUT2D eigenvalue weighted by atomic mass is 16.5. The van der Waals surface area contributed by atoms with Crippen molar-refractivity contribution in [2.75, 3.05) is 13.2 Å². The minimum Gasteiger partial charge on any atom is -0.466 e. The molecule has 0 fully saturated rings. The van der Waals surface area contributed by atoms with Gasteiger partial charge in [0.2, 0.25) is 5.91 Å². The molecule has 57 heavy (non-hydrogen) atoms. The van der Waals surface area contributed by atoms with Crippen molar-refractivity contribution in [3.05, 3.63) is 12.2 Å². The van der Waals surface area contributed by atoms with Crippen LogP contribution in [-0.2, 0) is 14.3 Å². The van der Waals surface area contributed by atoms with Crippen LogP contribution in [0.25, 0.3) is 0 Å². The fourth-order valence-corrected chi connectivity index (χ4v) is 7.87. The summed E-state index contributed by atoms with van der Waals surface area (Å²) in [6.45, 7) is 4.91. The number of esters is 1. The largest absolute Gasteiger partial charge is 0.466 e. The Kier molecular flexibility index (Phi) is 46.1. The SMILES string of the molecule is CCCCC/C=C\CCCCCCCC(=O)OCCCCCCCCCCCCCCCCC(=O)NC(CO)C(O)CCCCCCCCCCCCCCCC. The Bertz CT molecular complexity index is 847. The third-order valence-electron chi connectivity index (χ3n) is 11.8. The van der Waals surface area contributed by atoms with E-state index in [0.717, 1.165) is 51.4 Å². The number of amides is 1. The van der Waals surface area contributed by atoms with E-state index in [9.17, 15) is 19.8 Å². The van der Waals surface area contributed by atoms with E-state index in [1.54, 1.807) is 0 Å². The average molecular weight is 806 g/mol. The van der Waals surface area contributed by atoms with Crippen molar-refractivity contribution in [1.29, 1.82) is 0 Å². The summed E-state index contributed by atoms with van der Waals surface area (Å²) in [5.74, 6) is -0.0572. The first-order valence-electron chi connectivity index (χ1n) is 25.4. The molecule has 0 spiro atoms. The molecule has 0 aliphatic carbocycles. The van der Waals surface area contributed by atoms with E-state index >= 15 is 0 Å². The van der Waals surface area contributed by atoms with Crippen molar-refractivity contribution in [3.63, 3.8) is 0 Å². The van der Waals surface area contributed by atoms with Gasteiger partial charge in [-0.2, -0.15) is 0 Å². The van der Waals surface area contributed by atoms with E-state index in [-0.39, 0.29) is 18.5 Å². The van der Waals surface area contributed by atoms with Gasteiger partial charge in [-0.3, -0.25) is 9.59 Å². The molecule has 6 heteroatoms. The predicted molar refractivity (Wildman–Crippen MR) is 246 cm³/mol. The first-order valence-corrected chi connectivity index (χ1v) is 25.4. The number of carbonyl (C=O) groups is 2. The Balaban J connectivity index is 3.45. The molecule has 3 N–H and O–H groups in total. The van der Waals surface area contributed by atoms with Crippen molar-refractivity contribution in [2.24, 2.45) is 0 Å². The number of ether oxygens (including phenoxy) is 1. The molecule has 0 aliphatic heterocycles. The van der Waals surface area contributed by atoms with Gasteiger partial charge in [0.05, 0.1) is 25.4 Å². The predicted octanol–water partition coefficient (Wildman–Crippen LogP) is 15.0. The second-order valence-corrected chi connectivity index (χ2v) is 17.5. The number of aliphatic hydroxyl groups is 2. The van der Waals surface area contributed by atoms with Crippen LogP contribution in [0.15, 0.2) is 12.2 Å². The van der Waals surface area contributed by atoms with Crippen LogP contribution in [0.1, 0.15) is 277 Å². The molecule has 0 aromatic carbocycles. The van der Waals surface area contributed by atoms with Gasteiger partial charge in [0.25, 0.3) is 0 Å². The van der Waals surface area contributed by atoms with Crippen LogP contribution in [0, 0.1) is 0 Å². The number of unbranched alkanes of at least 4 members (excludes halogenated alkanes) is 34. The topological polar surface area (TPSA) is 95.9 Å². The van der Waals surface area contributed by atoms with Gasteiger partial charge in [0, 0.05) is 12.8 Å². The fourth-order valence-electron chi connectivity index (χ4n) is 7.87. The highest BCUT2D eigenvalue weighted by Crippen LogP contribution is 2.16. The lowest BCUT2D eigenvalue weighted by molar-refractivity contribution is -0.143. The van der Waals surface area contributed by atoms with E-state index in [0.29, 0.717) is 25.9 Å². The van der Waals surface area contributed by atoms with Crippen molar-refractivity contribution >= 4 is 11.9 Å². The van der Waals surface area contributed by atoms with Crippen LogP contribution < -0.4 is 5.32 Å². The number of aliphatic hydroxyl groups excluding tert-OH is 2. The van der Waals surface area contributed by atoms with E-state index in [1.807, 2.05) is 0 Å². The van der Waals surface area contributed by atoms with Crippen LogP contribution >= 0.6 is 0 Å². The molecule has 0 saturated carbocycles. The normalized spacial score (nSPS) is 12.7. The maximum atomic E-state index is 12.4. The molecule has 0 rings (SSSR count). The molecular formula is C51H99NO5. The van der Waals surface area contributed by atoms with Crippen molar-refractivity contribution in [3.8, 4) is 0 Å². The molecule has 0 heterocycles. The lowest BCUT2D eigenvalue weighted by atomic mass is 10.0. The molecule has 0 aromatic rings. The summed E-state index contributed by atoms with van der Waals surface area (Å²) in [6.07, 6.45) is 53.1. The number of hydrogen-bond donors (Lipinski definition) is 3. The zero-order chi connectivity index (χ0) is 41.5. The van der Waals surface area contributed by atoms with Gasteiger partial charge in [-0.05, 0) is 51.4 Å². The average Bonchev–Trinajstić information content (AvgIpc) is 3.21. The highest BCUT2D eigenvalue weighted by Gasteiger charge is 2.20. The summed E-state index contributed by atoms with van der Waals surface area (Å²) in [4.78, 5) is 24.4. The summed E-state index contributed by atoms with van der Waals surface area (Å²) >= 11 is 0. The molecule has 0 aliphatic rings. The Morgan fingerprint density at radius 1 is 0.474 bits per heavy atom. The molecule has 0 saturated heterocycles. The monoisotopic (exact) mass is 806 g/mol. The zero-order valence-corrected chi connectivity index (χ0v) is 38.3. The van der Waals surface area contributed by atoms with Crippen LogP contribution in [-0.4, -0.2) is 47.4 Å². The van der Waals surface area contributed by atoms with E-state index in [1.165, 1.54) is 193 Å². The van der Waals surface area contributed by atoms with E-state index < -0.39 is 12.1 Å². The lowest BCUT2D eigenvalue weighted by Crippen LogP contribution is -2.45. The van der Waals surface area contributed by atoms with Gasteiger partial charge in [-0.15, -0.1) is 0 Å². The van der Waals surface area contributed by atoms with E-state index in [2.05, 4.69) is 31.3 Å². The zero-order valence-electron chi connectivity index (χ0n) is 38.3. The summed E-state index contributed by atoms with van der Waals surface area (Å²) in [7, 11) is 0. The number of carbonyl (C=O) groups excluding carboxylic acids is 2. The fraction of sp³-hybridized carbons (Fsp3) is 0.922. The van der Waals surface area contributed by atoms with Gasteiger partial charge < -0.3 is 20.3 Å². The molecule has 1 amide bonds. The van der Waals surface area contributed by atoms with Gasteiger partial charge >= 0.3 is 5.97 Å². The molecular weight excluding hydrogens is 707 g/mol. The third-order valence-corrected chi connectivity index (χ3v) is 11.8. The highest BCUT2D eigenvalue weighted by molar-refractivity contribution is 5.76. The summed E-state index contributed by atoms with van der Waals surface area (Å²) in [5.41, 5.74) is 0. The van der Waals surface area contributed by atoms with Gasteiger partial charge in [0.15, 0.2) is 0 Å². The molecule has 0 radical (unpaired) electrons. The first kappa shape index (κ1) is 55.6. The first-order chi connectivity index (χ1) is 28.0. The number of allylic oxidation sites excluding steroid dienone is 2. The van der Waals surface area contributed by atoms with Crippen molar-refractivity contribution in [2.45, 2.75) is 289 Å². The summed E-state index contributed by atoms with van der Waals surface area (Å²) in [6, 6.07) is -0.548. The van der Waals surface area contributed by atoms with Gasteiger partial charge in [0.1, 0.15) is 0 Å². The van der Waals surface area contributed by atoms with Crippen molar-refractivity contribution < 1.29 is 24.5 Å². The summed E-state index contributed by atoms with van der Waals surface area (Å²) in [5, 5.41) is 23.2. The van der Waals surface area contributed by atoms with Gasteiger partial charge in [-0.25, -0.2) is 0 Å². The minimum atomic E-state index is -0.670. The maximum absolute atomic E-state index is 12.4. The quantitative estimate of drug-likeness (QED) is 0.0323. The van der Waals surface area contributed by atoms with E-state index in [4.69, 9.17) is 4.74 Å². The number of rotatable bonds is 47. The minimum absolute atomic E-state index is 0.0121.